The highest BCUT2D eigenvalue weighted by Gasteiger charge is 2.28. The first-order valence-electron chi connectivity index (χ1n) is 6.89. The lowest BCUT2D eigenvalue weighted by Crippen LogP contribution is -2.37. The van der Waals surface area contributed by atoms with Gasteiger partial charge in [0.2, 0.25) is 0 Å². The van der Waals surface area contributed by atoms with Gasteiger partial charge in [-0.25, -0.2) is 0 Å². The third-order valence-electron chi connectivity index (χ3n) is 4.35. The Kier molecular flexibility index (Phi) is 4.21. The van der Waals surface area contributed by atoms with Gasteiger partial charge in [0.1, 0.15) is 0 Å². The third-order valence-corrected chi connectivity index (χ3v) is 4.66. The number of hydrogen-bond donors (Lipinski definition) is 0. The molecular weight excluding hydrogens is 242 g/mol. The molecule has 0 amide bonds. The van der Waals surface area contributed by atoms with Crippen LogP contribution in [0, 0.1) is 5.41 Å². The molecule has 2 rings (SSSR count). The highest BCUT2D eigenvalue weighted by molar-refractivity contribution is 6.17. The minimum atomic E-state index is 0.541. The zero-order valence-corrected chi connectivity index (χ0v) is 12.5. The molecule has 1 aromatic carbocycles. The molecule has 0 aromatic heterocycles. The summed E-state index contributed by atoms with van der Waals surface area (Å²) in [5.74, 6) is 0.599. The first-order chi connectivity index (χ1) is 8.52. The molecule has 0 N–H and O–H groups in total. The van der Waals surface area contributed by atoms with Gasteiger partial charge in [0, 0.05) is 24.7 Å². The van der Waals surface area contributed by atoms with Crippen LogP contribution in [0.5, 0.6) is 0 Å². The Morgan fingerprint density at radius 2 is 1.72 bits per heavy atom. The number of anilines is 1. The van der Waals surface area contributed by atoms with Gasteiger partial charge in [0.15, 0.2) is 0 Å². The van der Waals surface area contributed by atoms with Gasteiger partial charge in [-0.3, -0.25) is 0 Å². The van der Waals surface area contributed by atoms with Crippen molar-refractivity contribution in [2.24, 2.45) is 5.41 Å². The maximum Gasteiger partial charge on any atom is 0.0474 e. The van der Waals surface area contributed by atoms with Crippen molar-refractivity contribution in [2.45, 2.75) is 51.5 Å². The van der Waals surface area contributed by atoms with Gasteiger partial charge in [-0.15, -0.1) is 11.6 Å². The summed E-state index contributed by atoms with van der Waals surface area (Å²) >= 11 is 5.83. The van der Waals surface area contributed by atoms with Crippen LogP contribution in [0.2, 0.25) is 0 Å². The standard InChI is InChI=1S/C16H24ClN/c1-16(2)10-8-15(9-11-16)18(3)14-6-4-13(12-17)5-7-14/h4-7,15H,8-12H2,1-3H3. The van der Waals surface area contributed by atoms with Crippen LogP contribution in [-0.2, 0) is 5.88 Å². The summed E-state index contributed by atoms with van der Waals surface area (Å²) in [7, 11) is 2.22. The second-order valence-corrected chi connectivity index (χ2v) is 6.57. The largest absolute Gasteiger partial charge is 0.372 e. The van der Waals surface area contributed by atoms with E-state index < -0.39 is 0 Å². The molecule has 0 aliphatic heterocycles. The van der Waals surface area contributed by atoms with Crippen LogP contribution in [-0.4, -0.2) is 13.1 Å². The molecule has 100 valence electrons. The summed E-state index contributed by atoms with van der Waals surface area (Å²) in [4.78, 5) is 2.44. The van der Waals surface area contributed by atoms with Crippen molar-refractivity contribution in [3.05, 3.63) is 29.8 Å². The lowest BCUT2D eigenvalue weighted by molar-refractivity contribution is 0.222. The molecule has 1 fully saturated rings. The highest BCUT2D eigenvalue weighted by atomic mass is 35.5. The Morgan fingerprint density at radius 1 is 1.17 bits per heavy atom. The first-order valence-corrected chi connectivity index (χ1v) is 7.43. The summed E-state index contributed by atoms with van der Waals surface area (Å²) in [6, 6.07) is 9.34. The predicted molar refractivity (Wildman–Crippen MR) is 80.4 cm³/mol. The Hall–Kier alpha value is -0.690. The minimum Gasteiger partial charge on any atom is -0.372 e. The van der Waals surface area contributed by atoms with Gasteiger partial charge in [-0.05, 0) is 48.8 Å². The average Bonchev–Trinajstić information content (AvgIpc) is 2.38. The van der Waals surface area contributed by atoms with Crippen LogP contribution in [0.1, 0.15) is 45.1 Å². The Bertz CT molecular complexity index is 373. The highest BCUT2D eigenvalue weighted by Crippen LogP contribution is 2.37. The second-order valence-electron chi connectivity index (χ2n) is 6.31. The van der Waals surface area contributed by atoms with Gasteiger partial charge >= 0.3 is 0 Å². The SMILES string of the molecule is CN(c1ccc(CCl)cc1)C1CCC(C)(C)CC1. The van der Waals surface area contributed by atoms with E-state index in [0.717, 1.165) is 0 Å². The Morgan fingerprint density at radius 3 is 2.22 bits per heavy atom. The van der Waals surface area contributed by atoms with Gasteiger partial charge in [-0.1, -0.05) is 26.0 Å². The average molecular weight is 266 g/mol. The molecule has 1 aliphatic rings. The molecule has 0 saturated heterocycles. The van der Waals surface area contributed by atoms with E-state index in [-0.39, 0.29) is 0 Å². The van der Waals surface area contributed by atoms with E-state index in [1.807, 2.05) is 0 Å². The summed E-state index contributed by atoms with van der Waals surface area (Å²) in [5.41, 5.74) is 3.05. The minimum absolute atomic E-state index is 0.541. The lowest BCUT2D eigenvalue weighted by atomic mass is 9.75. The van der Waals surface area contributed by atoms with Crippen LogP contribution >= 0.6 is 11.6 Å². The van der Waals surface area contributed by atoms with Crippen molar-refractivity contribution < 1.29 is 0 Å². The number of benzene rings is 1. The van der Waals surface area contributed by atoms with E-state index in [9.17, 15) is 0 Å². The molecule has 0 radical (unpaired) electrons. The molecule has 1 saturated carbocycles. The number of halogens is 1. The molecule has 0 unspecified atom stereocenters. The second kappa shape index (κ2) is 5.52. The molecule has 18 heavy (non-hydrogen) atoms. The fourth-order valence-electron chi connectivity index (χ4n) is 2.80. The van der Waals surface area contributed by atoms with Gasteiger partial charge < -0.3 is 4.90 Å². The molecule has 1 aliphatic carbocycles. The van der Waals surface area contributed by atoms with Crippen molar-refractivity contribution in [2.75, 3.05) is 11.9 Å². The molecule has 1 aromatic rings. The first kappa shape index (κ1) is 13.7. The summed E-state index contributed by atoms with van der Waals surface area (Å²) in [6.45, 7) is 4.77. The molecule has 2 heteroatoms. The van der Waals surface area contributed by atoms with E-state index >= 15 is 0 Å². The zero-order chi connectivity index (χ0) is 13.2. The van der Waals surface area contributed by atoms with Crippen molar-refractivity contribution in [1.29, 1.82) is 0 Å². The molecule has 0 atom stereocenters. The summed E-state index contributed by atoms with van der Waals surface area (Å²) < 4.78 is 0. The summed E-state index contributed by atoms with van der Waals surface area (Å²) in [5, 5.41) is 0. The number of hydrogen-bond acceptors (Lipinski definition) is 1. The van der Waals surface area contributed by atoms with Gasteiger partial charge in [-0.2, -0.15) is 0 Å². The van der Waals surface area contributed by atoms with Crippen LogP contribution < -0.4 is 4.90 Å². The summed E-state index contributed by atoms with van der Waals surface area (Å²) in [6.07, 6.45) is 5.28. The molecule has 1 nitrogen and oxygen atoms in total. The third kappa shape index (κ3) is 3.20. The van der Waals surface area contributed by atoms with Crippen molar-refractivity contribution in [1.82, 2.24) is 0 Å². The maximum atomic E-state index is 5.83. The van der Waals surface area contributed by atoms with E-state index in [0.29, 0.717) is 17.3 Å². The Labute approximate surface area is 116 Å². The lowest BCUT2D eigenvalue weighted by Gasteiger charge is -2.39. The number of alkyl halides is 1. The normalized spacial score (nSPS) is 19.8. The monoisotopic (exact) mass is 265 g/mol. The van der Waals surface area contributed by atoms with E-state index in [2.05, 4.69) is 50.1 Å². The number of rotatable bonds is 3. The van der Waals surface area contributed by atoms with E-state index in [1.54, 1.807) is 0 Å². The molecule has 0 spiro atoms. The van der Waals surface area contributed by atoms with Crippen LogP contribution in [0.3, 0.4) is 0 Å². The van der Waals surface area contributed by atoms with E-state index in [1.165, 1.54) is 36.9 Å². The van der Waals surface area contributed by atoms with Gasteiger partial charge in [0.25, 0.3) is 0 Å². The van der Waals surface area contributed by atoms with Crippen molar-refractivity contribution >= 4 is 17.3 Å². The topological polar surface area (TPSA) is 3.24 Å². The molecule has 0 bridgehead atoms. The van der Waals surface area contributed by atoms with Crippen LogP contribution in [0.15, 0.2) is 24.3 Å². The smallest absolute Gasteiger partial charge is 0.0474 e. The Balaban J connectivity index is 2.00. The molecular formula is C16H24ClN. The fourth-order valence-corrected chi connectivity index (χ4v) is 2.98. The van der Waals surface area contributed by atoms with Crippen LogP contribution in [0.4, 0.5) is 5.69 Å². The van der Waals surface area contributed by atoms with Crippen molar-refractivity contribution in [3.8, 4) is 0 Å². The van der Waals surface area contributed by atoms with E-state index in [4.69, 9.17) is 11.6 Å². The zero-order valence-electron chi connectivity index (χ0n) is 11.7. The van der Waals surface area contributed by atoms with Crippen LogP contribution in [0.25, 0.3) is 0 Å². The fraction of sp³-hybridized carbons (Fsp3) is 0.625. The number of nitrogens with zero attached hydrogens (tertiary/aromatic N) is 1. The molecule has 0 heterocycles. The maximum absolute atomic E-state index is 5.83. The quantitative estimate of drug-likeness (QED) is 0.708. The predicted octanol–water partition coefficient (Wildman–Crippen LogP) is 4.83. The van der Waals surface area contributed by atoms with Crippen molar-refractivity contribution in [3.63, 3.8) is 0 Å². The van der Waals surface area contributed by atoms with Gasteiger partial charge in [0.05, 0.1) is 0 Å².